The molecule has 1 heterocycles. The molecule has 0 aromatic heterocycles. The molecule has 1 aliphatic heterocycles. The number of halogens is 2. The minimum Gasteiger partial charge on any atom is -0.433 e. The smallest absolute Gasteiger partial charge is 0.387 e. The summed E-state index contributed by atoms with van der Waals surface area (Å²) in [5.41, 5.74) is 0.184. The third-order valence-electron chi connectivity index (χ3n) is 3.81. The van der Waals surface area contributed by atoms with Crippen molar-refractivity contribution < 1.29 is 23.1 Å². The number of hydrogen-bond acceptors (Lipinski definition) is 3. The number of benzene rings is 1. The molecule has 0 radical (unpaired) electrons. The molecule has 124 valence electrons. The van der Waals surface area contributed by atoms with Gasteiger partial charge in [-0.15, -0.1) is 0 Å². The highest BCUT2D eigenvalue weighted by Crippen LogP contribution is 2.29. The van der Waals surface area contributed by atoms with Crippen LogP contribution >= 0.6 is 0 Å². The van der Waals surface area contributed by atoms with Crippen LogP contribution in [0.5, 0.6) is 5.75 Å². The molecule has 6 nitrogen and oxygen atoms in total. The highest BCUT2D eigenvalue weighted by molar-refractivity contribution is 5.91. The number of alkyl halides is 2. The second-order valence-corrected chi connectivity index (χ2v) is 5.69. The summed E-state index contributed by atoms with van der Waals surface area (Å²) in [5.74, 6) is 0.0944. The zero-order chi connectivity index (χ0) is 16.4. The molecule has 2 aliphatic rings. The van der Waals surface area contributed by atoms with Gasteiger partial charge in [-0.05, 0) is 25.0 Å². The molecular weight excluding hydrogens is 308 g/mol. The standard InChI is InChI=1S/C15H17F2N3O3/c16-14(17)23-12-4-2-1-3-11(12)19-15(22)20-7-10(8-20)18-13(21)9-5-6-9/h1-4,9-10,14H,5-8H2,(H,18,21)(H,19,22). The highest BCUT2D eigenvalue weighted by atomic mass is 19.3. The van der Waals surface area contributed by atoms with Crippen molar-refractivity contribution in [2.75, 3.05) is 18.4 Å². The lowest BCUT2D eigenvalue weighted by atomic mass is 10.1. The summed E-state index contributed by atoms with van der Waals surface area (Å²) in [4.78, 5) is 25.2. The first kappa shape index (κ1) is 15.5. The van der Waals surface area contributed by atoms with Crippen LogP contribution in [0.2, 0.25) is 0 Å². The van der Waals surface area contributed by atoms with Gasteiger partial charge in [0.25, 0.3) is 0 Å². The predicted molar refractivity (Wildman–Crippen MR) is 78.3 cm³/mol. The van der Waals surface area contributed by atoms with E-state index in [2.05, 4.69) is 15.4 Å². The van der Waals surface area contributed by atoms with Crippen LogP contribution in [0, 0.1) is 5.92 Å². The molecule has 8 heteroatoms. The van der Waals surface area contributed by atoms with Gasteiger partial charge in [0.2, 0.25) is 5.91 Å². The van der Waals surface area contributed by atoms with Crippen LogP contribution in [0.25, 0.3) is 0 Å². The van der Waals surface area contributed by atoms with Gasteiger partial charge in [-0.3, -0.25) is 4.79 Å². The fraction of sp³-hybridized carbons (Fsp3) is 0.467. The molecule has 3 amide bonds. The molecule has 2 fully saturated rings. The third-order valence-corrected chi connectivity index (χ3v) is 3.81. The van der Waals surface area contributed by atoms with E-state index < -0.39 is 12.6 Å². The van der Waals surface area contributed by atoms with Gasteiger partial charge in [0.15, 0.2) is 0 Å². The summed E-state index contributed by atoms with van der Waals surface area (Å²) in [6.07, 6.45) is 1.87. The van der Waals surface area contributed by atoms with Crippen LogP contribution in [0.3, 0.4) is 0 Å². The number of hydrogen-bond donors (Lipinski definition) is 2. The first-order valence-corrected chi connectivity index (χ1v) is 7.43. The number of amides is 3. The van der Waals surface area contributed by atoms with E-state index in [4.69, 9.17) is 0 Å². The Morgan fingerprint density at radius 2 is 1.91 bits per heavy atom. The number of carbonyl (C=O) groups excluding carboxylic acids is 2. The Bertz CT molecular complexity index is 601. The summed E-state index contributed by atoms with van der Waals surface area (Å²) in [6.45, 7) is -2.15. The van der Waals surface area contributed by atoms with Crippen LogP contribution in [-0.2, 0) is 4.79 Å². The first-order chi connectivity index (χ1) is 11.0. The number of urea groups is 1. The predicted octanol–water partition coefficient (Wildman–Crippen LogP) is 2.03. The lowest BCUT2D eigenvalue weighted by Gasteiger charge is -2.39. The van der Waals surface area contributed by atoms with Crippen LogP contribution in [-0.4, -0.2) is 42.6 Å². The van der Waals surface area contributed by atoms with E-state index in [-0.39, 0.29) is 29.3 Å². The molecule has 1 saturated heterocycles. The van der Waals surface area contributed by atoms with E-state index in [0.717, 1.165) is 12.8 Å². The van der Waals surface area contributed by atoms with Crippen molar-refractivity contribution in [3.05, 3.63) is 24.3 Å². The second-order valence-electron chi connectivity index (χ2n) is 5.69. The van der Waals surface area contributed by atoms with E-state index in [1.165, 1.54) is 17.0 Å². The lowest BCUT2D eigenvalue weighted by Crippen LogP contribution is -2.62. The minimum absolute atomic E-state index is 0.0404. The average molecular weight is 325 g/mol. The van der Waals surface area contributed by atoms with Crippen molar-refractivity contribution in [1.29, 1.82) is 0 Å². The zero-order valence-electron chi connectivity index (χ0n) is 12.3. The summed E-state index contributed by atoms with van der Waals surface area (Å²) in [7, 11) is 0. The van der Waals surface area contributed by atoms with Gasteiger partial charge in [-0.25, -0.2) is 4.79 Å². The lowest BCUT2D eigenvalue weighted by molar-refractivity contribution is -0.123. The van der Waals surface area contributed by atoms with E-state index in [9.17, 15) is 18.4 Å². The number of anilines is 1. The van der Waals surface area contributed by atoms with Crippen molar-refractivity contribution in [2.24, 2.45) is 5.92 Å². The number of para-hydroxylation sites is 2. The second kappa shape index (κ2) is 6.39. The van der Waals surface area contributed by atoms with Gasteiger partial charge < -0.3 is 20.3 Å². The molecule has 2 N–H and O–H groups in total. The number of rotatable bonds is 5. The third kappa shape index (κ3) is 3.88. The molecule has 1 aromatic rings. The van der Waals surface area contributed by atoms with Crippen LogP contribution < -0.4 is 15.4 Å². The largest absolute Gasteiger partial charge is 0.433 e. The number of ether oxygens (including phenoxy) is 1. The Balaban J connectivity index is 1.49. The molecule has 3 rings (SSSR count). The van der Waals surface area contributed by atoms with Crippen molar-refractivity contribution >= 4 is 17.6 Å². The SMILES string of the molecule is O=C(NC1CN(C(=O)Nc2ccccc2OC(F)F)C1)C1CC1. The molecule has 1 aliphatic carbocycles. The van der Waals surface area contributed by atoms with Crippen molar-refractivity contribution in [1.82, 2.24) is 10.2 Å². The van der Waals surface area contributed by atoms with Gasteiger partial charge in [0.1, 0.15) is 5.75 Å². The fourth-order valence-electron chi connectivity index (χ4n) is 2.36. The Morgan fingerprint density at radius 1 is 1.22 bits per heavy atom. The van der Waals surface area contributed by atoms with E-state index >= 15 is 0 Å². The van der Waals surface area contributed by atoms with Crippen LogP contribution in [0.15, 0.2) is 24.3 Å². The summed E-state index contributed by atoms with van der Waals surface area (Å²) < 4.78 is 29.0. The zero-order valence-corrected chi connectivity index (χ0v) is 12.3. The molecule has 0 atom stereocenters. The van der Waals surface area contributed by atoms with Crippen molar-refractivity contribution in [3.8, 4) is 5.75 Å². The maximum absolute atomic E-state index is 12.3. The van der Waals surface area contributed by atoms with Gasteiger partial charge in [0, 0.05) is 19.0 Å². The van der Waals surface area contributed by atoms with E-state index in [1.54, 1.807) is 12.1 Å². The summed E-state index contributed by atoms with van der Waals surface area (Å²) >= 11 is 0. The highest BCUT2D eigenvalue weighted by Gasteiger charge is 2.36. The van der Waals surface area contributed by atoms with Gasteiger partial charge in [0.05, 0.1) is 11.7 Å². The van der Waals surface area contributed by atoms with Crippen molar-refractivity contribution in [2.45, 2.75) is 25.5 Å². The van der Waals surface area contributed by atoms with Gasteiger partial charge in [-0.2, -0.15) is 8.78 Å². The van der Waals surface area contributed by atoms with Crippen molar-refractivity contribution in [3.63, 3.8) is 0 Å². The number of likely N-dealkylation sites (tertiary alicyclic amines) is 1. The van der Waals surface area contributed by atoms with Crippen LogP contribution in [0.1, 0.15) is 12.8 Å². The number of carbonyl (C=O) groups is 2. The normalized spacial score (nSPS) is 17.6. The number of nitrogens with one attached hydrogen (secondary N) is 2. The molecule has 0 spiro atoms. The Labute approximate surface area is 131 Å². The molecule has 23 heavy (non-hydrogen) atoms. The minimum atomic E-state index is -2.96. The molecule has 0 bridgehead atoms. The van der Waals surface area contributed by atoms with Gasteiger partial charge in [-0.1, -0.05) is 12.1 Å². The summed E-state index contributed by atoms with van der Waals surface area (Å²) in [6, 6.07) is 5.55. The first-order valence-electron chi connectivity index (χ1n) is 7.43. The Hall–Kier alpha value is -2.38. The molecule has 0 unspecified atom stereocenters. The fourth-order valence-corrected chi connectivity index (χ4v) is 2.36. The maximum atomic E-state index is 12.3. The van der Waals surface area contributed by atoms with E-state index in [1.807, 2.05) is 0 Å². The summed E-state index contributed by atoms with van der Waals surface area (Å²) in [5, 5.41) is 5.42. The maximum Gasteiger partial charge on any atom is 0.387 e. The topological polar surface area (TPSA) is 70.7 Å². The van der Waals surface area contributed by atoms with Crippen LogP contribution in [0.4, 0.5) is 19.3 Å². The van der Waals surface area contributed by atoms with E-state index in [0.29, 0.717) is 13.1 Å². The monoisotopic (exact) mass is 325 g/mol. The Kier molecular flexibility index (Phi) is 4.31. The molecule has 1 aromatic carbocycles. The molecular formula is C15H17F2N3O3. The molecule has 1 saturated carbocycles. The number of nitrogens with zero attached hydrogens (tertiary/aromatic N) is 1. The Morgan fingerprint density at radius 3 is 2.57 bits per heavy atom. The van der Waals surface area contributed by atoms with Gasteiger partial charge >= 0.3 is 12.6 Å². The average Bonchev–Trinajstić information content (AvgIpc) is 3.28. The quantitative estimate of drug-likeness (QED) is 0.870.